The summed E-state index contributed by atoms with van der Waals surface area (Å²) in [5.41, 5.74) is -1.36. The zero-order valence-corrected chi connectivity index (χ0v) is 14.7. The van der Waals surface area contributed by atoms with Gasteiger partial charge in [-0.2, -0.15) is 0 Å². The lowest BCUT2D eigenvalue weighted by Gasteiger charge is -2.37. The molecule has 2 atom stereocenters. The van der Waals surface area contributed by atoms with Crippen LogP contribution in [0, 0.1) is 5.41 Å². The third-order valence-electron chi connectivity index (χ3n) is 5.23. The van der Waals surface area contributed by atoms with E-state index >= 15 is 0 Å². The van der Waals surface area contributed by atoms with E-state index in [2.05, 4.69) is 10.6 Å². The molecule has 26 heavy (non-hydrogen) atoms. The normalized spacial score (nSPS) is 28.5. The van der Waals surface area contributed by atoms with Gasteiger partial charge < -0.3 is 15.3 Å². The molecule has 0 spiro atoms. The molecule has 2 unspecified atom stereocenters. The average Bonchev–Trinajstić information content (AvgIpc) is 2.87. The van der Waals surface area contributed by atoms with Crippen LogP contribution in [0.4, 0.5) is 4.79 Å². The number of piperidine rings is 1. The molecule has 2 aliphatic rings. The molecule has 0 aliphatic carbocycles. The fourth-order valence-electron chi connectivity index (χ4n) is 3.48. The molecule has 138 valence electrons. The molecule has 0 saturated carbocycles. The largest absolute Gasteiger partial charge is 0.481 e. The minimum absolute atomic E-state index is 0.139. The number of benzene rings is 1. The number of hydrogen-bond acceptors (Lipinski definition) is 4. The number of likely N-dealkylation sites (tertiary alicyclic amines) is 1. The summed E-state index contributed by atoms with van der Waals surface area (Å²) in [6.07, 6.45) is 1.14. The van der Waals surface area contributed by atoms with E-state index in [0.717, 1.165) is 0 Å². The molecule has 1 aromatic carbocycles. The SMILES string of the molecule is CC1(C(=O)O)CCCN(C(=O)c2cccc(C3(C)NC(=O)NC3=O)c2)C1. The molecule has 3 rings (SSSR count). The highest BCUT2D eigenvalue weighted by molar-refractivity contribution is 6.07. The number of urea groups is 1. The number of nitrogens with one attached hydrogen (secondary N) is 2. The summed E-state index contributed by atoms with van der Waals surface area (Å²) in [6, 6.07) is 5.92. The van der Waals surface area contributed by atoms with E-state index in [1.165, 1.54) is 4.90 Å². The van der Waals surface area contributed by atoms with Gasteiger partial charge in [0.1, 0.15) is 5.54 Å². The van der Waals surface area contributed by atoms with Gasteiger partial charge in [0.25, 0.3) is 11.8 Å². The summed E-state index contributed by atoms with van der Waals surface area (Å²) in [5.74, 6) is -1.68. The van der Waals surface area contributed by atoms with E-state index in [1.807, 2.05) is 0 Å². The van der Waals surface area contributed by atoms with Crippen LogP contribution < -0.4 is 10.6 Å². The Morgan fingerprint density at radius 3 is 2.58 bits per heavy atom. The van der Waals surface area contributed by atoms with E-state index in [9.17, 15) is 24.3 Å². The molecule has 2 aliphatic heterocycles. The number of amides is 4. The Labute approximate surface area is 150 Å². The second-order valence-electron chi connectivity index (χ2n) is 7.31. The number of carboxylic acid groups (broad SMARTS) is 1. The first-order chi connectivity index (χ1) is 12.2. The van der Waals surface area contributed by atoms with Crippen molar-refractivity contribution in [3.8, 4) is 0 Å². The summed E-state index contributed by atoms with van der Waals surface area (Å²) in [7, 11) is 0. The molecule has 2 heterocycles. The minimum atomic E-state index is -1.25. The number of imide groups is 1. The van der Waals surface area contributed by atoms with Gasteiger partial charge in [0.05, 0.1) is 5.41 Å². The van der Waals surface area contributed by atoms with Crippen LogP contribution in [0.25, 0.3) is 0 Å². The molecular formula is C18H21N3O5. The summed E-state index contributed by atoms with van der Waals surface area (Å²) in [6.45, 7) is 3.84. The molecule has 1 aromatic rings. The Balaban J connectivity index is 1.86. The number of carboxylic acids is 1. The quantitative estimate of drug-likeness (QED) is 0.698. The molecule has 8 heteroatoms. The highest BCUT2D eigenvalue weighted by atomic mass is 16.4. The van der Waals surface area contributed by atoms with Crippen LogP contribution in [0.3, 0.4) is 0 Å². The van der Waals surface area contributed by atoms with Crippen molar-refractivity contribution in [2.24, 2.45) is 5.41 Å². The molecule has 3 N–H and O–H groups in total. The zero-order valence-electron chi connectivity index (χ0n) is 14.7. The number of carbonyl (C=O) groups excluding carboxylic acids is 3. The van der Waals surface area contributed by atoms with Crippen LogP contribution >= 0.6 is 0 Å². The highest BCUT2D eigenvalue weighted by Crippen LogP contribution is 2.31. The average molecular weight is 359 g/mol. The lowest BCUT2D eigenvalue weighted by molar-refractivity contribution is -0.150. The maximum Gasteiger partial charge on any atom is 0.322 e. The molecule has 0 radical (unpaired) electrons. The van der Waals surface area contributed by atoms with Gasteiger partial charge in [0.2, 0.25) is 0 Å². The topological polar surface area (TPSA) is 116 Å². The lowest BCUT2D eigenvalue weighted by Crippen LogP contribution is -2.48. The van der Waals surface area contributed by atoms with E-state index in [4.69, 9.17) is 0 Å². The number of aliphatic carboxylic acids is 1. The van der Waals surface area contributed by atoms with Crippen molar-refractivity contribution in [2.45, 2.75) is 32.2 Å². The number of carbonyl (C=O) groups is 4. The second-order valence-corrected chi connectivity index (χ2v) is 7.31. The van der Waals surface area contributed by atoms with Gasteiger partial charge in [0, 0.05) is 18.7 Å². The van der Waals surface area contributed by atoms with Gasteiger partial charge in [-0.3, -0.25) is 19.7 Å². The lowest BCUT2D eigenvalue weighted by atomic mass is 9.81. The second kappa shape index (κ2) is 6.12. The Morgan fingerprint density at radius 1 is 1.23 bits per heavy atom. The summed E-state index contributed by atoms with van der Waals surface area (Å²) in [4.78, 5) is 49.5. The maximum absolute atomic E-state index is 12.9. The van der Waals surface area contributed by atoms with Crippen molar-refractivity contribution in [3.05, 3.63) is 35.4 Å². The van der Waals surface area contributed by atoms with Crippen molar-refractivity contribution in [1.82, 2.24) is 15.5 Å². The third-order valence-corrected chi connectivity index (χ3v) is 5.23. The predicted molar refractivity (Wildman–Crippen MR) is 91.3 cm³/mol. The van der Waals surface area contributed by atoms with Crippen LogP contribution in [-0.2, 0) is 15.1 Å². The molecule has 0 bridgehead atoms. The Kier molecular flexibility index (Phi) is 4.21. The zero-order chi connectivity index (χ0) is 19.1. The number of nitrogens with zero attached hydrogens (tertiary/aromatic N) is 1. The van der Waals surface area contributed by atoms with Crippen LogP contribution in [0.1, 0.15) is 42.6 Å². The first-order valence-corrected chi connectivity index (χ1v) is 8.42. The van der Waals surface area contributed by atoms with Gasteiger partial charge in [0.15, 0.2) is 0 Å². The monoisotopic (exact) mass is 359 g/mol. The van der Waals surface area contributed by atoms with Crippen LogP contribution in [0.15, 0.2) is 24.3 Å². The Morgan fingerprint density at radius 2 is 1.96 bits per heavy atom. The van der Waals surface area contributed by atoms with Gasteiger partial charge in [-0.15, -0.1) is 0 Å². The van der Waals surface area contributed by atoms with Crippen molar-refractivity contribution in [1.29, 1.82) is 0 Å². The first kappa shape index (κ1) is 17.9. The molecule has 0 aromatic heterocycles. The molecule has 2 fully saturated rings. The summed E-state index contributed by atoms with van der Waals surface area (Å²) >= 11 is 0. The van der Waals surface area contributed by atoms with E-state index in [1.54, 1.807) is 38.1 Å². The smallest absolute Gasteiger partial charge is 0.322 e. The van der Waals surface area contributed by atoms with Crippen LogP contribution in [0.5, 0.6) is 0 Å². The van der Waals surface area contributed by atoms with Crippen molar-refractivity contribution in [3.63, 3.8) is 0 Å². The minimum Gasteiger partial charge on any atom is -0.481 e. The van der Waals surface area contributed by atoms with Crippen molar-refractivity contribution >= 4 is 23.8 Å². The van der Waals surface area contributed by atoms with Crippen LogP contribution in [0.2, 0.25) is 0 Å². The predicted octanol–water partition coefficient (Wildman–Crippen LogP) is 1.07. The summed E-state index contributed by atoms with van der Waals surface area (Å²) < 4.78 is 0. The fraction of sp³-hybridized carbons (Fsp3) is 0.444. The standard InChI is InChI=1S/C18H21N3O5/c1-17(15(24)25)7-4-8-21(10-17)13(22)11-5-3-6-12(9-11)18(2)14(23)19-16(26)20-18/h3,5-6,9H,4,7-8,10H2,1-2H3,(H,24,25)(H2,19,20,23,26). The van der Waals surface area contributed by atoms with E-state index in [0.29, 0.717) is 30.5 Å². The van der Waals surface area contributed by atoms with Gasteiger partial charge in [-0.1, -0.05) is 12.1 Å². The Hall–Kier alpha value is -2.90. The maximum atomic E-state index is 12.9. The van der Waals surface area contributed by atoms with Crippen LogP contribution in [-0.4, -0.2) is 46.9 Å². The fourth-order valence-corrected chi connectivity index (χ4v) is 3.48. The highest BCUT2D eigenvalue weighted by Gasteiger charge is 2.44. The van der Waals surface area contributed by atoms with Gasteiger partial charge in [-0.05, 0) is 44.4 Å². The van der Waals surface area contributed by atoms with Gasteiger partial charge in [-0.25, -0.2) is 4.79 Å². The van der Waals surface area contributed by atoms with Crippen molar-refractivity contribution < 1.29 is 24.3 Å². The van der Waals surface area contributed by atoms with Crippen molar-refractivity contribution in [2.75, 3.05) is 13.1 Å². The molecule has 2 saturated heterocycles. The number of hydrogen-bond donors (Lipinski definition) is 3. The molecular weight excluding hydrogens is 338 g/mol. The van der Waals surface area contributed by atoms with Gasteiger partial charge >= 0.3 is 12.0 Å². The Bertz CT molecular complexity index is 808. The molecule has 8 nitrogen and oxygen atoms in total. The number of rotatable bonds is 3. The molecule has 4 amide bonds. The third kappa shape index (κ3) is 2.91. The van der Waals surface area contributed by atoms with E-state index in [-0.39, 0.29) is 12.5 Å². The summed E-state index contributed by atoms with van der Waals surface area (Å²) in [5, 5.41) is 14.2. The first-order valence-electron chi connectivity index (χ1n) is 8.42. The van der Waals surface area contributed by atoms with E-state index < -0.39 is 28.9 Å².